The lowest BCUT2D eigenvalue weighted by Crippen LogP contribution is -2.15. The molecule has 0 heterocycles. The third-order valence-corrected chi connectivity index (χ3v) is 2.12. The van der Waals surface area contributed by atoms with Gasteiger partial charge in [0.2, 0.25) is 0 Å². The van der Waals surface area contributed by atoms with Crippen LogP contribution in [0.1, 0.15) is 18.4 Å². The zero-order valence-corrected chi connectivity index (χ0v) is 9.32. The molecule has 0 atom stereocenters. The van der Waals surface area contributed by atoms with E-state index in [0.717, 1.165) is 0 Å². The molecule has 0 fully saturated rings. The fourth-order valence-corrected chi connectivity index (χ4v) is 1.21. The lowest BCUT2D eigenvalue weighted by Gasteiger charge is -2.04. The second kappa shape index (κ2) is 6.75. The summed E-state index contributed by atoms with van der Waals surface area (Å²) < 4.78 is 17.7. The summed E-state index contributed by atoms with van der Waals surface area (Å²) in [6, 6.07) is 5.79. The molecule has 2 N–H and O–H groups in total. The molecular weight excluding hydrogens is 225 g/mol. The third kappa shape index (κ3) is 5.21. The predicted octanol–water partition coefficient (Wildman–Crippen LogP) is 1.18. The molecular formula is C12H14FNO3. The van der Waals surface area contributed by atoms with E-state index >= 15 is 0 Å². The summed E-state index contributed by atoms with van der Waals surface area (Å²) in [6.45, 7) is -0.0649. The fraction of sp³-hybridized carbons (Fsp3) is 0.333. The molecule has 0 amide bonds. The smallest absolute Gasteiger partial charge is 0.306 e. The van der Waals surface area contributed by atoms with E-state index in [1.165, 1.54) is 18.2 Å². The van der Waals surface area contributed by atoms with Gasteiger partial charge in [0.25, 0.3) is 0 Å². The van der Waals surface area contributed by atoms with Gasteiger partial charge in [0.05, 0.1) is 13.0 Å². The van der Waals surface area contributed by atoms with Crippen molar-refractivity contribution in [3.8, 4) is 0 Å². The van der Waals surface area contributed by atoms with E-state index in [1.54, 1.807) is 6.07 Å². The van der Waals surface area contributed by atoms with Crippen LogP contribution in [0, 0.1) is 5.82 Å². The largest absolute Gasteiger partial charge is 0.461 e. The molecule has 0 saturated carbocycles. The maximum absolute atomic E-state index is 12.8. The topological polar surface area (TPSA) is 69.4 Å². The van der Waals surface area contributed by atoms with Crippen LogP contribution in [-0.2, 0) is 20.9 Å². The van der Waals surface area contributed by atoms with Crippen LogP contribution >= 0.6 is 0 Å². The molecule has 0 spiro atoms. The normalized spacial score (nSPS) is 10.0. The van der Waals surface area contributed by atoms with Crippen LogP contribution < -0.4 is 5.73 Å². The molecule has 0 radical (unpaired) electrons. The Bertz CT molecular complexity index is 406. The Morgan fingerprint density at radius 2 is 2.06 bits per heavy atom. The van der Waals surface area contributed by atoms with E-state index in [-0.39, 0.29) is 37.6 Å². The predicted molar refractivity (Wildman–Crippen MR) is 59.5 cm³/mol. The van der Waals surface area contributed by atoms with Crippen LogP contribution in [0.15, 0.2) is 24.3 Å². The molecule has 0 aliphatic rings. The zero-order valence-electron chi connectivity index (χ0n) is 9.32. The van der Waals surface area contributed by atoms with Crippen molar-refractivity contribution in [1.82, 2.24) is 0 Å². The molecule has 0 unspecified atom stereocenters. The molecule has 0 saturated heterocycles. The molecule has 17 heavy (non-hydrogen) atoms. The van der Waals surface area contributed by atoms with E-state index in [9.17, 15) is 14.0 Å². The fourth-order valence-electron chi connectivity index (χ4n) is 1.21. The first-order chi connectivity index (χ1) is 8.11. The van der Waals surface area contributed by atoms with Gasteiger partial charge in [0, 0.05) is 6.42 Å². The van der Waals surface area contributed by atoms with Gasteiger partial charge >= 0.3 is 5.97 Å². The zero-order chi connectivity index (χ0) is 12.7. The SMILES string of the molecule is NCC(=O)CCC(=O)OCc1cccc(F)c1. The molecule has 1 aromatic rings. The van der Waals surface area contributed by atoms with Crippen molar-refractivity contribution in [2.45, 2.75) is 19.4 Å². The number of Topliss-reactive ketones (excluding diaryl/α,β-unsaturated/α-hetero) is 1. The summed E-state index contributed by atoms with van der Waals surface area (Å²) in [4.78, 5) is 22.1. The molecule has 1 rings (SSSR count). The van der Waals surface area contributed by atoms with Crippen LogP contribution in [0.4, 0.5) is 4.39 Å². The van der Waals surface area contributed by atoms with Crippen molar-refractivity contribution < 1.29 is 18.7 Å². The summed E-state index contributed by atoms with van der Waals surface area (Å²) in [5.74, 6) is -1.05. The highest BCUT2D eigenvalue weighted by molar-refractivity contribution is 5.84. The molecule has 0 bridgehead atoms. The van der Waals surface area contributed by atoms with Crippen molar-refractivity contribution in [3.05, 3.63) is 35.6 Å². The van der Waals surface area contributed by atoms with Gasteiger partial charge in [0.1, 0.15) is 18.2 Å². The van der Waals surface area contributed by atoms with E-state index < -0.39 is 5.97 Å². The number of carbonyl (C=O) groups is 2. The second-order valence-corrected chi connectivity index (χ2v) is 3.53. The van der Waals surface area contributed by atoms with E-state index in [4.69, 9.17) is 10.5 Å². The van der Waals surface area contributed by atoms with Crippen molar-refractivity contribution in [2.24, 2.45) is 5.73 Å². The number of benzene rings is 1. The van der Waals surface area contributed by atoms with Crippen LogP contribution in [0.5, 0.6) is 0 Å². The molecule has 4 nitrogen and oxygen atoms in total. The first-order valence-corrected chi connectivity index (χ1v) is 5.23. The minimum Gasteiger partial charge on any atom is -0.461 e. The van der Waals surface area contributed by atoms with E-state index in [0.29, 0.717) is 5.56 Å². The quantitative estimate of drug-likeness (QED) is 0.757. The lowest BCUT2D eigenvalue weighted by molar-refractivity contribution is -0.146. The van der Waals surface area contributed by atoms with Gasteiger partial charge in [-0.2, -0.15) is 0 Å². The number of rotatable bonds is 6. The Balaban J connectivity index is 2.31. The Hall–Kier alpha value is -1.75. The number of hydrogen-bond donors (Lipinski definition) is 1. The molecule has 1 aromatic carbocycles. The van der Waals surface area contributed by atoms with Crippen molar-refractivity contribution in [1.29, 1.82) is 0 Å². The van der Waals surface area contributed by atoms with Crippen molar-refractivity contribution in [3.63, 3.8) is 0 Å². The Labute approximate surface area is 98.6 Å². The van der Waals surface area contributed by atoms with Gasteiger partial charge in [0.15, 0.2) is 0 Å². The van der Waals surface area contributed by atoms with Crippen molar-refractivity contribution >= 4 is 11.8 Å². The Morgan fingerprint density at radius 1 is 1.29 bits per heavy atom. The van der Waals surface area contributed by atoms with Gasteiger partial charge in [-0.05, 0) is 17.7 Å². The summed E-state index contributed by atoms with van der Waals surface area (Å²) in [7, 11) is 0. The van der Waals surface area contributed by atoms with Crippen LogP contribution in [0.25, 0.3) is 0 Å². The molecule has 92 valence electrons. The average Bonchev–Trinajstić information content (AvgIpc) is 2.33. The molecule has 0 aromatic heterocycles. The first-order valence-electron chi connectivity index (χ1n) is 5.23. The second-order valence-electron chi connectivity index (χ2n) is 3.53. The monoisotopic (exact) mass is 239 g/mol. The molecule has 5 heteroatoms. The summed E-state index contributed by atoms with van der Waals surface area (Å²) in [5, 5.41) is 0. The standard InChI is InChI=1S/C12H14FNO3/c13-10-3-1-2-9(6-10)8-17-12(16)5-4-11(15)7-14/h1-3,6H,4-5,7-8,14H2. The summed E-state index contributed by atoms with van der Waals surface area (Å²) in [5.41, 5.74) is 5.67. The number of ketones is 1. The average molecular weight is 239 g/mol. The Kier molecular flexibility index (Phi) is 5.29. The number of nitrogens with two attached hydrogens (primary N) is 1. The third-order valence-electron chi connectivity index (χ3n) is 2.12. The first kappa shape index (κ1) is 13.3. The van der Waals surface area contributed by atoms with Crippen LogP contribution in [0.2, 0.25) is 0 Å². The molecule has 0 aliphatic heterocycles. The highest BCUT2D eigenvalue weighted by Gasteiger charge is 2.07. The summed E-state index contributed by atoms with van der Waals surface area (Å²) >= 11 is 0. The van der Waals surface area contributed by atoms with Gasteiger partial charge < -0.3 is 10.5 Å². The van der Waals surface area contributed by atoms with Gasteiger partial charge in [-0.1, -0.05) is 12.1 Å². The number of halogens is 1. The van der Waals surface area contributed by atoms with Crippen LogP contribution in [0.3, 0.4) is 0 Å². The molecule has 0 aliphatic carbocycles. The number of carbonyl (C=O) groups excluding carboxylic acids is 2. The van der Waals surface area contributed by atoms with Gasteiger partial charge in [-0.15, -0.1) is 0 Å². The Morgan fingerprint density at radius 3 is 2.71 bits per heavy atom. The highest BCUT2D eigenvalue weighted by atomic mass is 19.1. The maximum Gasteiger partial charge on any atom is 0.306 e. The van der Waals surface area contributed by atoms with E-state index in [2.05, 4.69) is 0 Å². The van der Waals surface area contributed by atoms with Crippen molar-refractivity contribution in [2.75, 3.05) is 6.54 Å². The number of hydrogen-bond acceptors (Lipinski definition) is 4. The van der Waals surface area contributed by atoms with Crippen LogP contribution in [-0.4, -0.2) is 18.3 Å². The number of esters is 1. The number of ether oxygens (including phenoxy) is 1. The lowest BCUT2D eigenvalue weighted by atomic mass is 10.2. The maximum atomic E-state index is 12.8. The summed E-state index contributed by atoms with van der Waals surface area (Å²) in [6.07, 6.45) is 0.0871. The van der Waals surface area contributed by atoms with Gasteiger partial charge in [-0.25, -0.2) is 4.39 Å². The highest BCUT2D eigenvalue weighted by Crippen LogP contribution is 2.06. The minimum absolute atomic E-state index is 0.00531. The van der Waals surface area contributed by atoms with Gasteiger partial charge in [-0.3, -0.25) is 9.59 Å². The van der Waals surface area contributed by atoms with E-state index in [1.807, 2.05) is 0 Å². The minimum atomic E-state index is -0.490.